The van der Waals surface area contributed by atoms with Crippen LogP contribution in [0.3, 0.4) is 0 Å². The van der Waals surface area contributed by atoms with E-state index in [9.17, 15) is 9.59 Å². The van der Waals surface area contributed by atoms with Gasteiger partial charge in [0.1, 0.15) is 0 Å². The number of hydrogen-bond donors (Lipinski definition) is 2. The van der Waals surface area contributed by atoms with Gasteiger partial charge < -0.3 is 15.3 Å². The van der Waals surface area contributed by atoms with Crippen molar-refractivity contribution in [2.24, 2.45) is 17.8 Å². The lowest BCUT2D eigenvalue weighted by molar-refractivity contribution is -0.137. The Morgan fingerprint density at radius 2 is 2.11 bits per heavy atom. The summed E-state index contributed by atoms with van der Waals surface area (Å²) in [6.45, 7) is 5.50. The van der Waals surface area contributed by atoms with Gasteiger partial charge in [-0.05, 0) is 30.6 Å². The molecule has 1 aliphatic carbocycles. The topological polar surface area (TPSA) is 69.6 Å². The fourth-order valence-electron chi connectivity index (χ4n) is 1.96. The van der Waals surface area contributed by atoms with Crippen LogP contribution in [-0.2, 0) is 4.79 Å². The molecule has 18 heavy (non-hydrogen) atoms. The first-order valence-electron chi connectivity index (χ1n) is 6.61. The Balaban J connectivity index is 2.13. The summed E-state index contributed by atoms with van der Waals surface area (Å²) in [5, 5.41) is 11.4. The Bertz CT molecular complexity index is 307. The van der Waals surface area contributed by atoms with Crippen LogP contribution in [-0.4, -0.2) is 42.1 Å². The molecule has 3 atom stereocenters. The van der Waals surface area contributed by atoms with Crippen LogP contribution in [0.25, 0.3) is 0 Å². The van der Waals surface area contributed by atoms with Crippen molar-refractivity contribution in [2.45, 2.75) is 33.1 Å². The number of carboxylic acid groups (broad SMARTS) is 1. The van der Waals surface area contributed by atoms with Crippen LogP contribution < -0.4 is 5.32 Å². The highest BCUT2D eigenvalue weighted by atomic mass is 16.4. The van der Waals surface area contributed by atoms with E-state index in [0.29, 0.717) is 18.9 Å². The monoisotopic (exact) mass is 256 g/mol. The van der Waals surface area contributed by atoms with Crippen LogP contribution in [0.2, 0.25) is 0 Å². The maximum Gasteiger partial charge on any atom is 0.317 e. The van der Waals surface area contributed by atoms with Gasteiger partial charge in [0.25, 0.3) is 0 Å². The van der Waals surface area contributed by atoms with Gasteiger partial charge in [-0.3, -0.25) is 4.79 Å². The zero-order chi connectivity index (χ0) is 13.7. The molecule has 2 amide bonds. The van der Waals surface area contributed by atoms with Gasteiger partial charge in [0.15, 0.2) is 0 Å². The van der Waals surface area contributed by atoms with Gasteiger partial charge in [-0.25, -0.2) is 4.79 Å². The minimum Gasteiger partial charge on any atom is -0.481 e. The molecule has 1 fully saturated rings. The molecule has 0 aromatic heterocycles. The molecule has 0 aliphatic heterocycles. The molecule has 0 spiro atoms. The minimum atomic E-state index is -0.784. The summed E-state index contributed by atoms with van der Waals surface area (Å²) >= 11 is 0. The van der Waals surface area contributed by atoms with Crippen molar-refractivity contribution in [3.8, 4) is 0 Å². The number of nitrogens with one attached hydrogen (secondary N) is 1. The summed E-state index contributed by atoms with van der Waals surface area (Å²) in [5.41, 5.74) is 0. The van der Waals surface area contributed by atoms with E-state index >= 15 is 0 Å². The van der Waals surface area contributed by atoms with E-state index in [1.807, 2.05) is 14.0 Å². The number of carbonyl (C=O) groups is 2. The van der Waals surface area contributed by atoms with Gasteiger partial charge >= 0.3 is 12.0 Å². The van der Waals surface area contributed by atoms with Gasteiger partial charge in [-0.1, -0.05) is 13.8 Å². The number of rotatable bonds is 7. The number of carbonyl (C=O) groups excluding carboxylic acids is 1. The van der Waals surface area contributed by atoms with Gasteiger partial charge in [0.2, 0.25) is 0 Å². The van der Waals surface area contributed by atoms with E-state index in [1.54, 1.807) is 4.90 Å². The Labute approximate surface area is 109 Å². The smallest absolute Gasteiger partial charge is 0.317 e. The van der Waals surface area contributed by atoms with Crippen molar-refractivity contribution in [3.63, 3.8) is 0 Å². The SMILES string of the molecule is CC(CCC(=O)O)CNC(=O)N(C)CC1CC1C. The molecule has 0 aromatic rings. The van der Waals surface area contributed by atoms with Crippen molar-refractivity contribution in [2.75, 3.05) is 20.1 Å². The molecular formula is C13H24N2O3. The fourth-order valence-corrected chi connectivity index (χ4v) is 1.96. The van der Waals surface area contributed by atoms with Crippen LogP contribution in [0.5, 0.6) is 0 Å². The molecular weight excluding hydrogens is 232 g/mol. The maximum absolute atomic E-state index is 11.8. The molecule has 1 aliphatic rings. The maximum atomic E-state index is 11.8. The van der Waals surface area contributed by atoms with Crippen molar-refractivity contribution in [3.05, 3.63) is 0 Å². The average Bonchev–Trinajstić information content (AvgIpc) is 2.98. The zero-order valence-electron chi connectivity index (χ0n) is 11.5. The first kappa shape index (κ1) is 14.8. The third kappa shape index (κ3) is 5.38. The molecule has 0 heterocycles. The molecule has 5 heteroatoms. The lowest BCUT2D eigenvalue weighted by atomic mass is 10.1. The van der Waals surface area contributed by atoms with Gasteiger partial charge in [-0.2, -0.15) is 0 Å². The fraction of sp³-hybridized carbons (Fsp3) is 0.846. The second-order valence-corrected chi connectivity index (χ2v) is 5.58. The molecule has 5 nitrogen and oxygen atoms in total. The molecule has 104 valence electrons. The predicted molar refractivity (Wildman–Crippen MR) is 69.3 cm³/mol. The van der Waals surface area contributed by atoms with Crippen LogP contribution in [0.1, 0.15) is 33.1 Å². The highest BCUT2D eigenvalue weighted by Gasteiger charge is 2.34. The van der Waals surface area contributed by atoms with E-state index in [2.05, 4.69) is 12.2 Å². The van der Waals surface area contributed by atoms with Gasteiger partial charge in [0.05, 0.1) is 0 Å². The summed E-state index contributed by atoms with van der Waals surface area (Å²) in [5.74, 6) is 0.811. The molecule has 0 radical (unpaired) electrons. The third-order valence-electron chi connectivity index (χ3n) is 3.58. The Hall–Kier alpha value is -1.26. The Kier molecular flexibility index (Phi) is 5.44. The summed E-state index contributed by atoms with van der Waals surface area (Å²) in [6, 6.07) is -0.0590. The standard InChI is InChI=1S/C13H24N2O3/c1-9(4-5-12(16)17)7-14-13(18)15(3)8-11-6-10(11)2/h9-11H,4-8H2,1-3H3,(H,14,18)(H,16,17). The van der Waals surface area contributed by atoms with Crippen molar-refractivity contribution >= 4 is 12.0 Å². The lowest BCUT2D eigenvalue weighted by Gasteiger charge is -2.19. The second kappa shape index (κ2) is 6.61. The molecule has 1 saturated carbocycles. The van der Waals surface area contributed by atoms with Gasteiger partial charge in [0, 0.05) is 26.6 Å². The van der Waals surface area contributed by atoms with Crippen LogP contribution in [0, 0.1) is 17.8 Å². The Morgan fingerprint density at radius 1 is 1.50 bits per heavy atom. The molecule has 0 saturated heterocycles. The molecule has 1 rings (SSSR count). The number of hydrogen-bond acceptors (Lipinski definition) is 2. The van der Waals surface area contributed by atoms with Crippen molar-refractivity contribution in [1.29, 1.82) is 0 Å². The van der Waals surface area contributed by atoms with E-state index in [4.69, 9.17) is 5.11 Å². The number of urea groups is 1. The number of carboxylic acids is 1. The number of amides is 2. The van der Waals surface area contributed by atoms with Gasteiger partial charge in [-0.15, -0.1) is 0 Å². The summed E-state index contributed by atoms with van der Waals surface area (Å²) in [4.78, 5) is 23.9. The second-order valence-electron chi connectivity index (χ2n) is 5.58. The predicted octanol–water partition coefficient (Wildman–Crippen LogP) is 1.78. The van der Waals surface area contributed by atoms with Crippen molar-refractivity contribution < 1.29 is 14.7 Å². The van der Waals surface area contributed by atoms with E-state index in [-0.39, 0.29) is 18.4 Å². The quantitative estimate of drug-likeness (QED) is 0.729. The van der Waals surface area contributed by atoms with Crippen LogP contribution >= 0.6 is 0 Å². The highest BCUT2D eigenvalue weighted by Crippen LogP contribution is 2.37. The lowest BCUT2D eigenvalue weighted by Crippen LogP contribution is -2.40. The molecule has 0 aromatic carbocycles. The molecule has 2 N–H and O–H groups in total. The number of nitrogens with zero attached hydrogens (tertiary/aromatic N) is 1. The largest absolute Gasteiger partial charge is 0.481 e. The average molecular weight is 256 g/mol. The highest BCUT2D eigenvalue weighted by molar-refractivity contribution is 5.73. The van der Waals surface area contributed by atoms with Crippen LogP contribution in [0.15, 0.2) is 0 Å². The van der Waals surface area contributed by atoms with Crippen molar-refractivity contribution in [1.82, 2.24) is 10.2 Å². The summed E-state index contributed by atoms with van der Waals surface area (Å²) in [6.07, 6.45) is 1.97. The molecule has 3 unspecified atom stereocenters. The van der Waals surface area contributed by atoms with Crippen LogP contribution in [0.4, 0.5) is 4.79 Å². The normalized spacial score (nSPS) is 23.3. The zero-order valence-corrected chi connectivity index (χ0v) is 11.5. The molecule has 0 bridgehead atoms. The Morgan fingerprint density at radius 3 is 2.61 bits per heavy atom. The number of aliphatic carboxylic acids is 1. The first-order valence-corrected chi connectivity index (χ1v) is 6.61. The van der Waals surface area contributed by atoms with E-state index in [1.165, 1.54) is 6.42 Å². The minimum absolute atomic E-state index is 0.0590. The third-order valence-corrected chi connectivity index (χ3v) is 3.58. The van der Waals surface area contributed by atoms with E-state index < -0.39 is 5.97 Å². The first-order chi connectivity index (χ1) is 8.40. The summed E-state index contributed by atoms with van der Waals surface area (Å²) < 4.78 is 0. The van der Waals surface area contributed by atoms with E-state index in [0.717, 1.165) is 12.5 Å². The summed E-state index contributed by atoms with van der Waals surface area (Å²) in [7, 11) is 1.81.